The van der Waals surface area contributed by atoms with Crippen LogP contribution in [-0.4, -0.2) is 20.1 Å². The zero-order valence-corrected chi connectivity index (χ0v) is 12.4. The first-order valence-corrected chi connectivity index (χ1v) is 6.46. The van der Waals surface area contributed by atoms with Gasteiger partial charge in [-0.05, 0) is 18.2 Å². The van der Waals surface area contributed by atoms with E-state index in [0.717, 1.165) is 0 Å². The van der Waals surface area contributed by atoms with Crippen molar-refractivity contribution in [3.8, 4) is 23.0 Å². The van der Waals surface area contributed by atoms with E-state index in [-0.39, 0.29) is 5.84 Å². The molecule has 0 aliphatic heterocycles. The van der Waals surface area contributed by atoms with Gasteiger partial charge >= 0.3 is 0 Å². The van der Waals surface area contributed by atoms with Crippen LogP contribution >= 0.6 is 11.6 Å². The van der Waals surface area contributed by atoms with E-state index in [4.69, 9.17) is 37.0 Å². The zero-order chi connectivity index (χ0) is 15.4. The van der Waals surface area contributed by atoms with Gasteiger partial charge in [0.1, 0.15) is 28.8 Å². The second-order valence-electron chi connectivity index (χ2n) is 4.21. The van der Waals surface area contributed by atoms with Gasteiger partial charge in [0.2, 0.25) is 0 Å². The molecule has 0 aliphatic carbocycles. The topological polar surface area (TPSA) is 77.6 Å². The van der Waals surface area contributed by atoms with E-state index in [1.807, 2.05) is 0 Å². The van der Waals surface area contributed by atoms with Gasteiger partial charge in [0.25, 0.3) is 0 Å². The number of rotatable bonds is 5. The third kappa shape index (κ3) is 3.58. The Labute approximate surface area is 127 Å². The Morgan fingerprint density at radius 1 is 1.00 bits per heavy atom. The first-order valence-electron chi connectivity index (χ1n) is 6.08. The van der Waals surface area contributed by atoms with Crippen LogP contribution in [0.25, 0.3) is 0 Å². The standard InChI is InChI=1S/C15H15ClN2O3/c1-19-10-6-11(20-2)8-12(7-10)21-14-4-3-9(15(17)18)5-13(14)16/h3-8H,1-2H3,(H3,17,18). The monoisotopic (exact) mass is 306 g/mol. The van der Waals surface area contributed by atoms with Crippen molar-refractivity contribution in [2.24, 2.45) is 5.73 Å². The molecule has 0 unspecified atom stereocenters. The smallest absolute Gasteiger partial charge is 0.146 e. The SMILES string of the molecule is COc1cc(OC)cc(Oc2ccc(C(=N)N)cc2Cl)c1. The molecule has 0 fully saturated rings. The van der Waals surface area contributed by atoms with E-state index in [1.54, 1.807) is 50.6 Å². The van der Waals surface area contributed by atoms with E-state index >= 15 is 0 Å². The molecule has 0 amide bonds. The van der Waals surface area contributed by atoms with Crippen molar-refractivity contribution < 1.29 is 14.2 Å². The molecule has 0 saturated carbocycles. The second-order valence-corrected chi connectivity index (χ2v) is 4.62. The summed E-state index contributed by atoms with van der Waals surface area (Å²) in [5.74, 6) is 2.16. The van der Waals surface area contributed by atoms with E-state index in [0.29, 0.717) is 33.6 Å². The maximum Gasteiger partial charge on any atom is 0.146 e. The Kier molecular flexibility index (Phi) is 4.55. The minimum atomic E-state index is -0.0495. The van der Waals surface area contributed by atoms with Gasteiger partial charge in [0.15, 0.2) is 0 Å². The minimum absolute atomic E-state index is 0.0495. The van der Waals surface area contributed by atoms with Gasteiger partial charge in [0.05, 0.1) is 19.2 Å². The van der Waals surface area contributed by atoms with Crippen molar-refractivity contribution in [1.82, 2.24) is 0 Å². The number of amidine groups is 1. The molecule has 110 valence electrons. The fourth-order valence-electron chi connectivity index (χ4n) is 1.72. The normalized spacial score (nSPS) is 10.0. The predicted molar refractivity (Wildman–Crippen MR) is 82.1 cm³/mol. The highest BCUT2D eigenvalue weighted by Crippen LogP contribution is 2.34. The third-order valence-electron chi connectivity index (χ3n) is 2.80. The number of hydrogen-bond acceptors (Lipinski definition) is 4. The van der Waals surface area contributed by atoms with E-state index in [9.17, 15) is 0 Å². The molecule has 0 radical (unpaired) electrons. The van der Waals surface area contributed by atoms with Crippen molar-refractivity contribution in [2.75, 3.05) is 14.2 Å². The summed E-state index contributed by atoms with van der Waals surface area (Å²) < 4.78 is 16.1. The lowest BCUT2D eigenvalue weighted by atomic mass is 10.2. The lowest BCUT2D eigenvalue weighted by Gasteiger charge is -2.11. The van der Waals surface area contributed by atoms with Crippen LogP contribution in [0.2, 0.25) is 5.02 Å². The van der Waals surface area contributed by atoms with Crippen LogP contribution in [-0.2, 0) is 0 Å². The summed E-state index contributed by atoms with van der Waals surface area (Å²) in [6.07, 6.45) is 0. The number of halogens is 1. The van der Waals surface area contributed by atoms with Gasteiger partial charge in [-0.25, -0.2) is 0 Å². The number of nitrogens with two attached hydrogens (primary N) is 1. The van der Waals surface area contributed by atoms with Gasteiger partial charge in [-0.1, -0.05) is 11.6 Å². The highest BCUT2D eigenvalue weighted by atomic mass is 35.5. The highest BCUT2D eigenvalue weighted by molar-refractivity contribution is 6.32. The van der Waals surface area contributed by atoms with Gasteiger partial charge in [0, 0.05) is 23.8 Å². The molecule has 6 heteroatoms. The van der Waals surface area contributed by atoms with Crippen LogP contribution in [0, 0.1) is 5.41 Å². The van der Waals surface area contributed by atoms with Gasteiger partial charge < -0.3 is 19.9 Å². The summed E-state index contributed by atoms with van der Waals surface area (Å²) >= 11 is 6.13. The van der Waals surface area contributed by atoms with Crippen LogP contribution < -0.4 is 19.9 Å². The van der Waals surface area contributed by atoms with Crippen molar-refractivity contribution in [3.63, 3.8) is 0 Å². The molecule has 0 aromatic heterocycles. The summed E-state index contributed by atoms with van der Waals surface area (Å²) in [6.45, 7) is 0. The predicted octanol–water partition coefficient (Wildman–Crippen LogP) is 3.43. The van der Waals surface area contributed by atoms with Gasteiger partial charge in [-0.15, -0.1) is 0 Å². The fourth-order valence-corrected chi connectivity index (χ4v) is 1.94. The Balaban J connectivity index is 2.31. The molecule has 2 aromatic rings. The van der Waals surface area contributed by atoms with E-state index in [1.165, 1.54) is 0 Å². The second kappa shape index (κ2) is 6.37. The lowest BCUT2D eigenvalue weighted by Crippen LogP contribution is -2.10. The number of ether oxygens (including phenoxy) is 3. The van der Waals surface area contributed by atoms with Crippen molar-refractivity contribution in [2.45, 2.75) is 0 Å². The Morgan fingerprint density at radius 3 is 2.05 bits per heavy atom. The van der Waals surface area contributed by atoms with Crippen molar-refractivity contribution >= 4 is 17.4 Å². The van der Waals surface area contributed by atoms with Gasteiger partial charge in [-0.3, -0.25) is 5.41 Å². The molecule has 0 saturated heterocycles. The molecule has 0 aliphatic rings. The molecule has 0 heterocycles. The summed E-state index contributed by atoms with van der Waals surface area (Å²) in [4.78, 5) is 0. The first kappa shape index (κ1) is 15.0. The number of hydrogen-bond donors (Lipinski definition) is 2. The average Bonchev–Trinajstić information content (AvgIpc) is 2.48. The summed E-state index contributed by atoms with van der Waals surface area (Å²) in [7, 11) is 3.13. The molecule has 0 atom stereocenters. The minimum Gasteiger partial charge on any atom is -0.496 e. The zero-order valence-electron chi connectivity index (χ0n) is 11.6. The number of benzene rings is 2. The summed E-state index contributed by atoms with van der Waals surface area (Å²) in [5, 5.41) is 7.74. The van der Waals surface area contributed by atoms with Crippen LogP contribution in [0.1, 0.15) is 5.56 Å². The Morgan fingerprint density at radius 2 is 1.57 bits per heavy atom. The Bertz CT molecular complexity index is 652. The molecule has 3 N–H and O–H groups in total. The number of nitrogens with one attached hydrogen (secondary N) is 1. The van der Waals surface area contributed by atoms with Crippen molar-refractivity contribution in [1.29, 1.82) is 5.41 Å². The molecule has 0 bridgehead atoms. The third-order valence-corrected chi connectivity index (χ3v) is 3.09. The largest absolute Gasteiger partial charge is 0.496 e. The number of methoxy groups -OCH3 is 2. The van der Waals surface area contributed by atoms with Crippen LogP contribution in [0.15, 0.2) is 36.4 Å². The number of nitrogen functional groups attached to an aromatic ring is 1. The molecule has 5 nitrogen and oxygen atoms in total. The van der Waals surface area contributed by atoms with Crippen molar-refractivity contribution in [3.05, 3.63) is 47.0 Å². The average molecular weight is 307 g/mol. The maximum atomic E-state index is 7.38. The molecule has 2 rings (SSSR count). The van der Waals surface area contributed by atoms with Gasteiger partial charge in [-0.2, -0.15) is 0 Å². The molecule has 21 heavy (non-hydrogen) atoms. The molecule has 2 aromatic carbocycles. The highest BCUT2D eigenvalue weighted by Gasteiger charge is 2.08. The fraction of sp³-hybridized carbons (Fsp3) is 0.133. The van der Waals surface area contributed by atoms with Crippen LogP contribution in [0.5, 0.6) is 23.0 Å². The summed E-state index contributed by atoms with van der Waals surface area (Å²) in [5.41, 5.74) is 5.95. The van der Waals surface area contributed by atoms with Crippen LogP contribution in [0.4, 0.5) is 0 Å². The van der Waals surface area contributed by atoms with E-state index < -0.39 is 0 Å². The first-order chi connectivity index (χ1) is 10.0. The summed E-state index contributed by atoms with van der Waals surface area (Å²) in [6, 6.07) is 10.1. The quantitative estimate of drug-likeness (QED) is 0.655. The lowest BCUT2D eigenvalue weighted by molar-refractivity contribution is 0.386. The Hall–Kier alpha value is -2.40. The molecular formula is C15H15ClN2O3. The maximum absolute atomic E-state index is 7.38. The molecular weight excluding hydrogens is 292 g/mol. The van der Waals surface area contributed by atoms with Crippen LogP contribution in [0.3, 0.4) is 0 Å². The van der Waals surface area contributed by atoms with E-state index in [2.05, 4.69) is 0 Å². The molecule has 0 spiro atoms.